The number of hydrogen-bond donors (Lipinski definition) is 1. The number of carbonyl (C=O) groups excluding carboxylic acids is 2. The Labute approximate surface area is 201 Å². The number of para-hydroxylation sites is 1. The van der Waals surface area contributed by atoms with Gasteiger partial charge in [0.1, 0.15) is 10.8 Å². The average Bonchev–Trinajstić information content (AvgIpc) is 3.31. The van der Waals surface area contributed by atoms with Crippen LogP contribution in [0.15, 0.2) is 29.4 Å². The molecular formula is C23H28N4O4S2. The maximum Gasteiger partial charge on any atom is 0.341 e. The highest BCUT2D eigenvalue weighted by atomic mass is 32.2. The van der Waals surface area contributed by atoms with Crippen LogP contribution in [0.3, 0.4) is 0 Å². The lowest BCUT2D eigenvalue weighted by atomic mass is 10.1. The number of carbonyl (C=O) groups is 2. The number of thioether (sulfide) groups is 1. The second kappa shape index (κ2) is 10.8. The van der Waals surface area contributed by atoms with Gasteiger partial charge in [0.2, 0.25) is 5.91 Å². The Bertz CT molecular complexity index is 1160. The van der Waals surface area contributed by atoms with Crippen LogP contribution in [0.4, 0.5) is 5.00 Å². The summed E-state index contributed by atoms with van der Waals surface area (Å²) in [4.78, 5) is 25.9. The predicted molar refractivity (Wildman–Crippen MR) is 130 cm³/mol. The Morgan fingerprint density at radius 3 is 2.64 bits per heavy atom. The molecular weight excluding hydrogens is 460 g/mol. The summed E-state index contributed by atoms with van der Waals surface area (Å²) in [5, 5.41) is 12.4. The van der Waals surface area contributed by atoms with Crippen molar-refractivity contribution >= 4 is 40.0 Å². The van der Waals surface area contributed by atoms with Gasteiger partial charge in [0.25, 0.3) is 0 Å². The lowest BCUT2D eigenvalue weighted by Crippen LogP contribution is -2.16. The van der Waals surface area contributed by atoms with Crippen LogP contribution < -0.4 is 10.1 Å². The quantitative estimate of drug-likeness (QED) is 0.344. The van der Waals surface area contributed by atoms with Gasteiger partial charge in [0.15, 0.2) is 17.1 Å². The fourth-order valence-electron chi connectivity index (χ4n) is 3.44. The molecule has 0 aliphatic rings. The first kappa shape index (κ1) is 24.8. The molecule has 1 atom stereocenters. The molecule has 0 aliphatic carbocycles. The van der Waals surface area contributed by atoms with Crippen LogP contribution >= 0.6 is 23.1 Å². The molecule has 0 saturated carbocycles. The third kappa shape index (κ3) is 5.56. The first-order valence-corrected chi connectivity index (χ1v) is 12.3. The van der Waals surface area contributed by atoms with Crippen molar-refractivity contribution in [2.75, 3.05) is 18.2 Å². The van der Waals surface area contributed by atoms with Crippen molar-refractivity contribution in [1.82, 2.24) is 14.8 Å². The normalized spacial score (nSPS) is 11.8. The van der Waals surface area contributed by atoms with E-state index < -0.39 is 5.97 Å². The van der Waals surface area contributed by atoms with E-state index >= 15 is 0 Å². The van der Waals surface area contributed by atoms with Gasteiger partial charge in [-0.05, 0) is 44.4 Å². The molecule has 0 bridgehead atoms. The molecule has 3 aromatic rings. The number of nitrogens with zero attached hydrogens (tertiary/aromatic N) is 3. The van der Waals surface area contributed by atoms with Crippen molar-refractivity contribution in [2.45, 2.75) is 45.4 Å². The van der Waals surface area contributed by atoms with E-state index in [0.29, 0.717) is 28.0 Å². The van der Waals surface area contributed by atoms with Crippen LogP contribution in [0.5, 0.6) is 5.75 Å². The number of aromatic nitrogens is 3. The Balaban J connectivity index is 1.66. The number of thiophene rings is 1. The molecule has 3 rings (SSSR count). The molecule has 33 heavy (non-hydrogen) atoms. The molecule has 1 unspecified atom stereocenters. The standard InChI is InChI=1S/C23H28N4O4S2/c1-7-16-15(4)33-21(19(16)22(29)30-6)24-18(28)12-32-23-26-25-20(27(23)5)14(3)31-17-11-9-8-10-13(17)2/h8-11,14H,7,12H2,1-6H3,(H,24,28). The molecule has 1 aromatic carbocycles. The molecule has 10 heteroatoms. The Morgan fingerprint density at radius 2 is 1.97 bits per heavy atom. The van der Waals surface area contributed by atoms with Crippen LogP contribution in [-0.4, -0.2) is 39.5 Å². The van der Waals surface area contributed by atoms with Gasteiger partial charge in [0.05, 0.1) is 18.4 Å². The van der Waals surface area contributed by atoms with Crippen LogP contribution in [0.25, 0.3) is 0 Å². The van der Waals surface area contributed by atoms with Gasteiger partial charge >= 0.3 is 5.97 Å². The minimum atomic E-state index is -0.445. The van der Waals surface area contributed by atoms with Crippen molar-refractivity contribution in [3.8, 4) is 5.75 Å². The molecule has 0 aliphatic heterocycles. The van der Waals surface area contributed by atoms with Gasteiger partial charge in [-0.1, -0.05) is 36.9 Å². The zero-order valence-electron chi connectivity index (χ0n) is 19.6. The number of ether oxygens (including phenoxy) is 2. The van der Waals surface area contributed by atoms with Crippen molar-refractivity contribution in [1.29, 1.82) is 0 Å². The Kier molecular flexibility index (Phi) is 8.15. The second-order valence-corrected chi connectivity index (χ2v) is 9.62. The summed E-state index contributed by atoms with van der Waals surface area (Å²) in [6, 6.07) is 7.79. The third-order valence-electron chi connectivity index (χ3n) is 5.17. The van der Waals surface area contributed by atoms with E-state index in [9.17, 15) is 9.59 Å². The predicted octanol–water partition coefficient (Wildman–Crippen LogP) is 4.71. The molecule has 0 fully saturated rings. The molecule has 176 valence electrons. The van der Waals surface area contributed by atoms with Crippen molar-refractivity contribution < 1.29 is 19.1 Å². The number of esters is 1. The SMILES string of the molecule is CCc1c(C)sc(NC(=O)CSc2nnc(C(C)Oc3ccccc3C)n2C)c1C(=O)OC. The van der Waals surface area contributed by atoms with E-state index in [1.54, 1.807) is 0 Å². The van der Waals surface area contributed by atoms with E-state index in [-0.39, 0.29) is 17.8 Å². The Morgan fingerprint density at radius 1 is 1.24 bits per heavy atom. The van der Waals surface area contributed by atoms with E-state index in [0.717, 1.165) is 21.8 Å². The second-order valence-electron chi connectivity index (χ2n) is 7.45. The van der Waals surface area contributed by atoms with Crippen LogP contribution in [0.1, 0.15) is 52.1 Å². The van der Waals surface area contributed by atoms with Gasteiger partial charge in [-0.25, -0.2) is 4.79 Å². The molecule has 0 radical (unpaired) electrons. The number of aryl methyl sites for hydroxylation is 2. The van der Waals surface area contributed by atoms with Gasteiger partial charge in [-0.3, -0.25) is 4.79 Å². The Hall–Kier alpha value is -2.85. The molecule has 2 aromatic heterocycles. The largest absolute Gasteiger partial charge is 0.482 e. The van der Waals surface area contributed by atoms with Gasteiger partial charge in [-0.2, -0.15) is 0 Å². The zero-order valence-corrected chi connectivity index (χ0v) is 21.2. The van der Waals surface area contributed by atoms with Crippen molar-refractivity contribution in [3.05, 3.63) is 51.7 Å². The highest BCUT2D eigenvalue weighted by molar-refractivity contribution is 7.99. The lowest BCUT2D eigenvalue weighted by Gasteiger charge is -2.15. The molecule has 0 spiro atoms. The number of amides is 1. The number of benzene rings is 1. The summed E-state index contributed by atoms with van der Waals surface area (Å²) in [6.07, 6.45) is 0.373. The molecule has 0 saturated heterocycles. The van der Waals surface area contributed by atoms with Gasteiger partial charge in [0, 0.05) is 11.9 Å². The molecule has 2 heterocycles. The zero-order chi connectivity index (χ0) is 24.1. The maximum absolute atomic E-state index is 12.6. The van der Waals surface area contributed by atoms with E-state index in [1.807, 2.05) is 63.6 Å². The number of rotatable bonds is 9. The smallest absolute Gasteiger partial charge is 0.341 e. The van der Waals surface area contributed by atoms with Crippen LogP contribution in [-0.2, 0) is 23.0 Å². The van der Waals surface area contributed by atoms with Gasteiger partial charge < -0.3 is 19.4 Å². The molecule has 1 N–H and O–H groups in total. The fraction of sp³-hybridized carbons (Fsp3) is 0.391. The summed E-state index contributed by atoms with van der Waals surface area (Å²) in [5.74, 6) is 0.900. The minimum Gasteiger partial charge on any atom is -0.482 e. The highest BCUT2D eigenvalue weighted by Crippen LogP contribution is 2.34. The summed E-state index contributed by atoms with van der Waals surface area (Å²) in [6.45, 7) is 7.80. The van der Waals surface area contributed by atoms with E-state index in [1.165, 1.54) is 30.2 Å². The first-order chi connectivity index (χ1) is 15.8. The van der Waals surface area contributed by atoms with Crippen molar-refractivity contribution in [2.24, 2.45) is 7.05 Å². The van der Waals surface area contributed by atoms with E-state index in [4.69, 9.17) is 9.47 Å². The minimum absolute atomic E-state index is 0.123. The number of anilines is 1. The van der Waals surface area contributed by atoms with Crippen LogP contribution in [0.2, 0.25) is 0 Å². The number of nitrogens with one attached hydrogen (secondary N) is 1. The van der Waals surface area contributed by atoms with Gasteiger partial charge in [-0.15, -0.1) is 21.5 Å². The first-order valence-electron chi connectivity index (χ1n) is 10.5. The maximum atomic E-state index is 12.6. The summed E-state index contributed by atoms with van der Waals surface area (Å²) in [5.41, 5.74) is 2.37. The topological polar surface area (TPSA) is 95.3 Å². The summed E-state index contributed by atoms with van der Waals surface area (Å²) in [7, 11) is 3.19. The van der Waals surface area contributed by atoms with E-state index in [2.05, 4.69) is 15.5 Å². The highest BCUT2D eigenvalue weighted by Gasteiger charge is 2.24. The average molecular weight is 489 g/mol. The monoisotopic (exact) mass is 488 g/mol. The third-order valence-corrected chi connectivity index (χ3v) is 7.25. The lowest BCUT2D eigenvalue weighted by molar-refractivity contribution is -0.113. The summed E-state index contributed by atoms with van der Waals surface area (Å²) >= 11 is 2.65. The molecule has 8 nitrogen and oxygen atoms in total. The van der Waals surface area contributed by atoms with Crippen LogP contribution in [0, 0.1) is 13.8 Å². The fourth-order valence-corrected chi connectivity index (χ4v) is 5.31. The number of methoxy groups -OCH3 is 1. The summed E-state index contributed by atoms with van der Waals surface area (Å²) < 4.78 is 12.8. The van der Waals surface area contributed by atoms with Crippen molar-refractivity contribution in [3.63, 3.8) is 0 Å². The number of hydrogen-bond acceptors (Lipinski definition) is 8. The molecule has 1 amide bonds.